The molecule has 1 unspecified atom stereocenters. The van der Waals surface area contributed by atoms with E-state index in [1.165, 1.54) is 0 Å². The van der Waals surface area contributed by atoms with Crippen LogP contribution in [-0.2, 0) is 25.6 Å². The van der Waals surface area contributed by atoms with Gasteiger partial charge in [0, 0.05) is 6.54 Å². The summed E-state index contributed by atoms with van der Waals surface area (Å²) in [6.45, 7) is 2.14. The fourth-order valence-electron chi connectivity index (χ4n) is 2.23. The molecule has 112 valence electrons. The molecular weight excluding hydrogens is 298 g/mol. The standard InChI is InChI=1S/C13H19NO4S2/c1-11-2-4-12(5-3-11)10-20(17,18)14-8-13-6-7-19(15,16)9-13/h2-5,13-14H,6-10H2,1H3. The molecule has 0 radical (unpaired) electrons. The molecule has 5 nitrogen and oxygen atoms in total. The van der Waals surface area contributed by atoms with Gasteiger partial charge in [-0.2, -0.15) is 0 Å². The lowest BCUT2D eigenvalue weighted by atomic mass is 10.1. The third-order valence-electron chi connectivity index (χ3n) is 3.40. The van der Waals surface area contributed by atoms with Crippen LogP contribution in [0.1, 0.15) is 17.5 Å². The van der Waals surface area contributed by atoms with Crippen LogP contribution in [0.3, 0.4) is 0 Å². The van der Waals surface area contributed by atoms with Crippen molar-refractivity contribution in [3.8, 4) is 0 Å². The van der Waals surface area contributed by atoms with Crippen molar-refractivity contribution in [3.05, 3.63) is 35.4 Å². The first-order chi connectivity index (χ1) is 9.26. The fraction of sp³-hybridized carbons (Fsp3) is 0.538. The predicted octanol–water partition coefficient (Wildman–Crippen LogP) is 0.849. The van der Waals surface area contributed by atoms with Gasteiger partial charge in [0.2, 0.25) is 10.0 Å². The Balaban J connectivity index is 1.90. The molecule has 1 heterocycles. The molecule has 1 aliphatic rings. The molecule has 0 spiro atoms. The van der Waals surface area contributed by atoms with Crippen LogP contribution in [0.5, 0.6) is 0 Å². The number of hydrogen-bond acceptors (Lipinski definition) is 4. The van der Waals surface area contributed by atoms with Gasteiger partial charge in [-0.3, -0.25) is 0 Å². The van der Waals surface area contributed by atoms with Crippen LogP contribution in [-0.4, -0.2) is 34.9 Å². The normalized spacial score (nSPS) is 21.9. The summed E-state index contributed by atoms with van der Waals surface area (Å²) in [5, 5.41) is 0. The van der Waals surface area contributed by atoms with E-state index in [2.05, 4.69) is 4.72 Å². The van der Waals surface area contributed by atoms with Crippen molar-refractivity contribution in [1.82, 2.24) is 4.72 Å². The average molecular weight is 317 g/mol. The van der Waals surface area contributed by atoms with E-state index in [9.17, 15) is 16.8 Å². The zero-order valence-electron chi connectivity index (χ0n) is 11.4. The maximum absolute atomic E-state index is 11.9. The van der Waals surface area contributed by atoms with Gasteiger partial charge in [-0.15, -0.1) is 0 Å². The highest BCUT2D eigenvalue weighted by atomic mass is 32.2. The first kappa shape index (κ1) is 15.5. The van der Waals surface area contributed by atoms with Crippen LogP contribution in [0.15, 0.2) is 24.3 Å². The lowest BCUT2D eigenvalue weighted by Crippen LogP contribution is -2.30. The van der Waals surface area contributed by atoms with Crippen LogP contribution in [0.4, 0.5) is 0 Å². The van der Waals surface area contributed by atoms with Crippen molar-refractivity contribution >= 4 is 19.9 Å². The molecule has 0 amide bonds. The number of sulfone groups is 1. The molecule has 7 heteroatoms. The highest BCUT2D eigenvalue weighted by Gasteiger charge is 2.28. The zero-order valence-corrected chi connectivity index (χ0v) is 13.0. The van der Waals surface area contributed by atoms with Gasteiger partial charge in [-0.25, -0.2) is 21.6 Å². The van der Waals surface area contributed by atoms with Gasteiger partial charge in [0.05, 0.1) is 17.3 Å². The summed E-state index contributed by atoms with van der Waals surface area (Å²) in [5.74, 6) is 0.0669. The van der Waals surface area contributed by atoms with Gasteiger partial charge in [0.25, 0.3) is 0 Å². The Bertz CT molecular complexity index is 663. The molecule has 0 aliphatic carbocycles. The van der Waals surface area contributed by atoms with E-state index in [0.717, 1.165) is 11.1 Å². The van der Waals surface area contributed by atoms with Gasteiger partial charge in [-0.1, -0.05) is 29.8 Å². The summed E-state index contributed by atoms with van der Waals surface area (Å²) in [5.41, 5.74) is 1.80. The van der Waals surface area contributed by atoms with Crippen molar-refractivity contribution in [2.24, 2.45) is 5.92 Å². The van der Waals surface area contributed by atoms with Gasteiger partial charge in [-0.05, 0) is 24.8 Å². The smallest absolute Gasteiger partial charge is 0.215 e. The van der Waals surface area contributed by atoms with Crippen molar-refractivity contribution < 1.29 is 16.8 Å². The highest BCUT2D eigenvalue weighted by molar-refractivity contribution is 7.91. The van der Waals surface area contributed by atoms with Crippen molar-refractivity contribution in [2.75, 3.05) is 18.1 Å². The topological polar surface area (TPSA) is 80.3 Å². The summed E-state index contributed by atoms with van der Waals surface area (Å²) in [7, 11) is -6.38. The Morgan fingerprint density at radius 1 is 1.25 bits per heavy atom. The number of rotatable bonds is 5. The second kappa shape index (κ2) is 5.83. The lowest BCUT2D eigenvalue weighted by Gasteiger charge is -2.10. The molecule has 0 saturated carbocycles. The van der Waals surface area contributed by atoms with Crippen LogP contribution in [0.2, 0.25) is 0 Å². The SMILES string of the molecule is Cc1ccc(CS(=O)(=O)NCC2CCS(=O)(=O)C2)cc1. The van der Waals surface area contributed by atoms with E-state index >= 15 is 0 Å². The molecule has 1 aromatic rings. The van der Waals surface area contributed by atoms with Gasteiger partial charge in [0.1, 0.15) is 0 Å². The molecular formula is C13H19NO4S2. The minimum Gasteiger partial charge on any atom is -0.229 e. The molecule has 0 aromatic heterocycles. The van der Waals surface area contributed by atoms with Gasteiger partial charge < -0.3 is 0 Å². The minimum absolute atomic E-state index is 0.0766. The molecule has 1 fully saturated rings. The second-order valence-electron chi connectivity index (χ2n) is 5.36. The third-order valence-corrected chi connectivity index (χ3v) is 6.55. The maximum Gasteiger partial charge on any atom is 0.215 e. The predicted molar refractivity (Wildman–Crippen MR) is 78.6 cm³/mol. The Kier molecular flexibility index (Phi) is 4.51. The van der Waals surface area contributed by atoms with Gasteiger partial charge >= 0.3 is 0 Å². The summed E-state index contributed by atoms with van der Waals surface area (Å²) < 4.78 is 49.0. The molecule has 1 N–H and O–H groups in total. The summed E-state index contributed by atoms with van der Waals surface area (Å²) in [6.07, 6.45) is 0.537. The summed E-state index contributed by atoms with van der Waals surface area (Å²) in [6, 6.07) is 7.31. The molecule has 1 aromatic carbocycles. The van der Waals surface area contributed by atoms with E-state index in [1.807, 2.05) is 19.1 Å². The molecule has 2 rings (SSSR count). The zero-order chi connectivity index (χ0) is 14.8. The average Bonchev–Trinajstić information content (AvgIpc) is 2.70. The Labute approximate surface area is 120 Å². The molecule has 1 saturated heterocycles. The molecule has 1 aliphatic heterocycles. The fourth-order valence-corrected chi connectivity index (χ4v) is 5.32. The Hall–Kier alpha value is -0.920. The Morgan fingerprint density at radius 3 is 2.45 bits per heavy atom. The van der Waals surface area contributed by atoms with Crippen LogP contribution >= 0.6 is 0 Å². The summed E-state index contributed by atoms with van der Waals surface area (Å²) in [4.78, 5) is 0. The Morgan fingerprint density at radius 2 is 1.90 bits per heavy atom. The second-order valence-corrected chi connectivity index (χ2v) is 9.40. The van der Waals surface area contributed by atoms with E-state index < -0.39 is 19.9 Å². The highest BCUT2D eigenvalue weighted by Crippen LogP contribution is 2.18. The molecule has 1 atom stereocenters. The largest absolute Gasteiger partial charge is 0.229 e. The van der Waals surface area contributed by atoms with Crippen molar-refractivity contribution in [1.29, 1.82) is 0 Å². The number of hydrogen-bond donors (Lipinski definition) is 1. The third kappa shape index (κ3) is 4.57. The number of aryl methyl sites for hydroxylation is 1. The van der Waals surface area contributed by atoms with Crippen LogP contribution in [0, 0.1) is 12.8 Å². The lowest BCUT2D eigenvalue weighted by molar-refractivity contribution is 0.542. The quantitative estimate of drug-likeness (QED) is 0.873. The van der Waals surface area contributed by atoms with Crippen molar-refractivity contribution in [3.63, 3.8) is 0 Å². The minimum atomic E-state index is -3.42. The molecule has 0 bridgehead atoms. The molecule has 20 heavy (non-hydrogen) atoms. The van der Waals surface area contributed by atoms with Gasteiger partial charge in [0.15, 0.2) is 9.84 Å². The van der Waals surface area contributed by atoms with Crippen LogP contribution < -0.4 is 4.72 Å². The monoisotopic (exact) mass is 317 g/mol. The van der Waals surface area contributed by atoms with E-state index in [4.69, 9.17) is 0 Å². The number of benzene rings is 1. The number of sulfonamides is 1. The summed E-state index contributed by atoms with van der Waals surface area (Å²) >= 11 is 0. The van der Waals surface area contributed by atoms with E-state index in [-0.39, 0.29) is 29.7 Å². The van der Waals surface area contributed by atoms with Crippen LogP contribution in [0.25, 0.3) is 0 Å². The first-order valence-electron chi connectivity index (χ1n) is 6.49. The maximum atomic E-state index is 11.9. The van der Waals surface area contributed by atoms with E-state index in [0.29, 0.717) is 6.42 Å². The van der Waals surface area contributed by atoms with E-state index in [1.54, 1.807) is 12.1 Å². The number of nitrogens with one attached hydrogen (secondary N) is 1. The first-order valence-corrected chi connectivity index (χ1v) is 9.96. The van der Waals surface area contributed by atoms with Crippen molar-refractivity contribution in [2.45, 2.75) is 19.1 Å².